The summed E-state index contributed by atoms with van der Waals surface area (Å²) < 4.78 is 27.0. The van der Waals surface area contributed by atoms with E-state index in [2.05, 4.69) is 5.32 Å². The molecule has 0 bridgehead atoms. The maximum absolute atomic E-state index is 13.5. The molecule has 1 atom stereocenters. The quantitative estimate of drug-likeness (QED) is 0.922. The molecule has 112 valence electrons. The van der Waals surface area contributed by atoms with Gasteiger partial charge >= 0.3 is 0 Å². The van der Waals surface area contributed by atoms with Crippen molar-refractivity contribution in [3.05, 3.63) is 28.8 Å². The van der Waals surface area contributed by atoms with Crippen molar-refractivity contribution in [2.45, 2.75) is 12.5 Å². The monoisotopic (exact) mass is 303 g/mol. The molecule has 1 aliphatic rings. The van der Waals surface area contributed by atoms with Crippen LogP contribution in [0.4, 0.5) is 14.5 Å². The van der Waals surface area contributed by atoms with Crippen LogP contribution in [0, 0.1) is 0 Å². The Hall–Kier alpha value is -0.910. The number of anilines is 1. The van der Waals surface area contributed by atoms with Crippen LogP contribution in [-0.2, 0) is 0 Å². The summed E-state index contributed by atoms with van der Waals surface area (Å²) >= 11 is 6.23. The molecule has 1 aromatic rings. The third kappa shape index (κ3) is 3.40. The minimum absolute atomic E-state index is 0.403. The summed E-state index contributed by atoms with van der Waals surface area (Å²) in [5.41, 5.74) is 1.42. The molecule has 1 saturated heterocycles. The lowest BCUT2D eigenvalue weighted by Gasteiger charge is -2.35. The van der Waals surface area contributed by atoms with E-state index in [4.69, 9.17) is 11.6 Å². The Morgan fingerprint density at radius 2 is 1.90 bits per heavy atom. The zero-order valence-electron chi connectivity index (χ0n) is 11.7. The number of benzene rings is 1. The molecule has 0 radical (unpaired) electrons. The summed E-state index contributed by atoms with van der Waals surface area (Å²) in [4.78, 5) is 3.70. The first-order valence-electron chi connectivity index (χ1n) is 6.70. The van der Waals surface area contributed by atoms with Gasteiger partial charge in [-0.05, 0) is 17.7 Å². The predicted molar refractivity (Wildman–Crippen MR) is 79.0 cm³/mol. The zero-order chi connectivity index (χ0) is 14.7. The molecule has 1 heterocycles. The van der Waals surface area contributed by atoms with Crippen molar-refractivity contribution in [2.75, 3.05) is 45.2 Å². The molecule has 2 rings (SSSR count). The summed E-state index contributed by atoms with van der Waals surface area (Å²) in [6.45, 7) is 2.69. The first-order chi connectivity index (χ1) is 9.50. The molecule has 0 aliphatic carbocycles. The van der Waals surface area contributed by atoms with Crippen molar-refractivity contribution in [3.63, 3.8) is 0 Å². The normalized spacial score (nSPS) is 18.3. The number of alkyl halides is 2. The lowest BCUT2D eigenvalue weighted by molar-refractivity contribution is 0.0182. The Morgan fingerprint density at radius 1 is 1.25 bits per heavy atom. The third-order valence-corrected chi connectivity index (χ3v) is 3.93. The van der Waals surface area contributed by atoms with Gasteiger partial charge in [-0.25, -0.2) is 8.78 Å². The SMILES string of the molecule is CN(C)c1ccc([C@H](C(F)F)N2CCNCC2)c(Cl)c1. The Labute approximate surface area is 123 Å². The molecule has 0 amide bonds. The van der Waals surface area contributed by atoms with Crippen molar-refractivity contribution in [1.82, 2.24) is 10.2 Å². The fourth-order valence-corrected chi connectivity index (χ4v) is 2.77. The molecular formula is C14H20ClF2N3. The van der Waals surface area contributed by atoms with Crippen molar-refractivity contribution < 1.29 is 8.78 Å². The lowest BCUT2D eigenvalue weighted by Crippen LogP contribution is -2.47. The predicted octanol–water partition coefficient (Wildman–Crippen LogP) is 2.62. The number of hydrogen-bond acceptors (Lipinski definition) is 3. The third-order valence-electron chi connectivity index (χ3n) is 3.60. The molecule has 1 aromatic carbocycles. The summed E-state index contributed by atoms with van der Waals surface area (Å²) in [5, 5.41) is 3.58. The maximum Gasteiger partial charge on any atom is 0.258 e. The van der Waals surface area contributed by atoms with E-state index in [1.807, 2.05) is 25.1 Å². The van der Waals surface area contributed by atoms with E-state index in [1.165, 1.54) is 0 Å². The molecule has 3 nitrogen and oxygen atoms in total. The Kier molecular flexibility index (Phi) is 5.18. The molecule has 0 spiro atoms. The largest absolute Gasteiger partial charge is 0.378 e. The lowest BCUT2D eigenvalue weighted by atomic mass is 10.0. The maximum atomic E-state index is 13.5. The van der Waals surface area contributed by atoms with Gasteiger partial charge in [-0.1, -0.05) is 17.7 Å². The highest BCUT2D eigenvalue weighted by Gasteiger charge is 2.31. The summed E-state index contributed by atoms with van der Waals surface area (Å²) in [6, 6.07) is 4.37. The fraction of sp³-hybridized carbons (Fsp3) is 0.571. The smallest absolute Gasteiger partial charge is 0.258 e. The highest BCUT2D eigenvalue weighted by molar-refractivity contribution is 6.31. The standard InChI is InChI=1S/C14H20ClF2N3/c1-19(2)10-3-4-11(12(15)9-10)13(14(16)17)20-7-5-18-6-8-20/h3-4,9,13-14,18H,5-8H2,1-2H3/t13-/m1/s1. The van der Waals surface area contributed by atoms with E-state index >= 15 is 0 Å². The Morgan fingerprint density at radius 3 is 2.40 bits per heavy atom. The van der Waals surface area contributed by atoms with Crippen LogP contribution in [0.2, 0.25) is 5.02 Å². The van der Waals surface area contributed by atoms with Crippen LogP contribution in [0.15, 0.2) is 18.2 Å². The zero-order valence-corrected chi connectivity index (χ0v) is 12.5. The molecule has 0 aromatic heterocycles. The average molecular weight is 304 g/mol. The second-order valence-corrected chi connectivity index (χ2v) is 5.57. The van der Waals surface area contributed by atoms with E-state index in [0.29, 0.717) is 23.7 Å². The van der Waals surface area contributed by atoms with Crippen molar-refractivity contribution in [1.29, 1.82) is 0 Å². The van der Waals surface area contributed by atoms with E-state index in [9.17, 15) is 8.78 Å². The van der Waals surface area contributed by atoms with Gasteiger partial charge < -0.3 is 10.2 Å². The minimum Gasteiger partial charge on any atom is -0.378 e. The van der Waals surface area contributed by atoms with Crippen LogP contribution in [0.25, 0.3) is 0 Å². The summed E-state index contributed by atoms with van der Waals surface area (Å²) in [7, 11) is 3.79. The van der Waals surface area contributed by atoms with Gasteiger partial charge in [-0.2, -0.15) is 0 Å². The van der Waals surface area contributed by atoms with Gasteiger partial charge in [0.15, 0.2) is 0 Å². The first-order valence-corrected chi connectivity index (χ1v) is 7.08. The van der Waals surface area contributed by atoms with Gasteiger partial charge in [-0.3, -0.25) is 4.90 Å². The van der Waals surface area contributed by atoms with Crippen LogP contribution < -0.4 is 10.2 Å². The van der Waals surface area contributed by atoms with E-state index in [-0.39, 0.29) is 0 Å². The summed E-state index contributed by atoms with van der Waals surface area (Å²) in [6.07, 6.45) is -2.45. The van der Waals surface area contributed by atoms with Gasteiger partial charge in [0.2, 0.25) is 0 Å². The van der Waals surface area contributed by atoms with Gasteiger partial charge in [0, 0.05) is 51.0 Å². The van der Waals surface area contributed by atoms with Gasteiger partial charge in [0.1, 0.15) is 0 Å². The molecule has 0 unspecified atom stereocenters. The molecule has 1 fully saturated rings. The number of hydrogen-bond donors (Lipinski definition) is 1. The topological polar surface area (TPSA) is 18.5 Å². The molecule has 0 saturated carbocycles. The molecule has 6 heteroatoms. The van der Waals surface area contributed by atoms with Crippen LogP contribution in [0.1, 0.15) is 11.6 Å². The van der Waals surface area contributed by atoms with E-state index in [0.717, 1.165) is 18.8 Å². The van der Waals surface area contributed by atoms with Crippen molar-refractivity contribution in [3.8, 4) is 0 Å². The number of rotatable bonds is 4. The average Bonchev–Trinajstić information content (AvgIpc) is 2.41. The number of nitrogens with one attached hydrogen (secondary N) is 1. The van der Waals surface area contributed by atoms with Gasteiger partial charge in [0.05, 0.1) is 6.04 Å². The second kappa shape index (κ2) is 6.70. The highest BCUT2D eigenvalue weighted by Crippen LogP contribution is 2.34. The van der Waals surface area contributed by atoms with Crippen LogP contribution in [0.5, 0.6) is 0 Å². The molecule has 1 aliphatic heterocycles. The van der Waals surface area contributed by atoms with Crippen molar-refractivity contribution >= 4 is 17.3 Å². The first kappa shape index (κ1) is 15.5. The fourth-order valence-electron chi connectivity index (χ4n) is 2.49. The number of halogens is 3. The molecule has 1 N–H and O–H groups in total. The van der Waals surface area contributed by atoms with Gasteiger partial charge in [0.25, 0.3) is 6.43 Å². The van der Waals surface area contributed by atoms with Crippen LogP contribution >= 0.6 is 11.6 Å². The van der Waals surface area contributed by atoms with E-state index in [1.54, 1.807) is 17.0 Å². The van der Waals surface area contributed by atoms with Crippen LogP contribution in [-0.4, -0.2) is 51.6 Å². The Balaban J connectivity index is 2.29. The number of nitrogens with zero attached hydrogens (tertiary/aromatic N) is 2. The summed E-state index contributed by atoms with van der Waals surface area (Å²) in [5.74, 6) is 0. The second-order valence-electron chi connectivity index (χ2n) is 5.17. The minimum atomic E-state index is -2.45. The van der Waals surface area contributed by atoms with Crippen LogP contribution in [0.3, 0.4) is 0 Å². The Bertz CT molecular complexity index is 448. The number of piperazine rings is 1. The van der Waals surface area contributed by atoms with E-state index < -0.39 is 12.5 Å². The molecule has 20 heavy (non-hydrogen) atoms. The highest BCUT2D eigenvalue weighted by atomic mass is 35.5. The molecular weight excluding hydrogens is 284 g/mol. The van der Waals surface area contributed by atoms with Crippen molar-refractivity contribution in [2.24, 2.45) is 0 Å². The van der Waals surface area contributed by atoms with Gasteiger partial charge in [-0.15, -0.1) is 0 Å².